The number of benzene rings is 1. The van der Waals surface area contributed by atoms with E-state index < -0.39 is 0 Å². The van der Waals surface area contributed by atoms with Crippen LogP contribution in [0.5, 0.6) is 0 Å². The number of hydrogen-bond acceptors (Lipinski definition) is 3. The molecule has 1 aromatic carbocycles. The second-order valence-electron chi connectivity index (χ2n) is 4.74. The zero-order valence-corrected chi connectivity index (χ0v) is 12.1. The number of aliphatic hydroxyl groups excluding tert-OH is 1. The topological polar surface area (TPSA) is 70.4 Å². The summed E-state index contributed by atoms with van der Waals surface area (Å²) < 4.78 is 1.80. The molecule has 2 rings (SSSR count). The number of hydrogen-bond donors (Lipinski definition) is 2. The third-order valence-corrected chi connectivity index (χ3v) is 3.18. The normalized spacial score (nSPS) is 10.4. The molecule has 2 aromatic rings. The van der Waals surface area contributed by atoms with Crippen LogP contribution in [0.4, 0.5) is 4.79 Å². The van der Waals surface area contributed by atoms with E-state index in [1.54, 1.807) is 17.9 Å². The molecule has 21 heavy (non-hydrogen) atoms. The number of rotatable bonds is 6. The highest BCUT2D eigenvalue weighted by Crippen LogP contribution is 2.08. The number of aliphatic hydroxyl groups is 1. The van der Waals surface area contributed by atoms with Crippen molar-refractivity contribution in [1.82, 2.24) is 20.0 Å². The van der Waals surface area contributed by atoms with Crippen molar-refractivity contribution >= 4 is 6.03 Å². The molecule has 0 aliphatic rings. The minimum Gasteiger partial charge on any atom is -0.395 e. The highest BCUT2D eigenvalue weighted by molar-refractivity contribution is 5.73. The Morgan fingerprint density at radius 2 is 2.14 bits per heavy atom. The molecule has 112 valence electrons. The highest BCUT2D eigenvalue weighted by Gasteiger charge is 2.06. The number of carbonyl (C=O) groups is 1. The fourth-order valence-electron chi connectivity index (χ4n) is 1.94. The Labute approximate surface area is 124 Å². The van der Waals surface area contributed by atoms with Crippen molar-refractivity contribution in [3.63, 3.8) is 0 Å². The van der Waals surface area contributed by atoms with Gasteiger partial charge in [0.1, 0.15) is 0 Å². The van der Waals surface area contributed by atoms with E-state index in [1.165, 1.54) is 4.90 Å². The van der Waals surface area contributed by atoms with Gasteiger partial charge >= 0.3 is 6.03 Å². The average molecular weight is 288 g/mol. The maximum absolute atomic E-state index is 11.6. The summed E-state index contributed by atoms with van der Waals surface area (Å²) in [6.07, 6.45) is 4.40. The predicted molar refractivity (Wildman–Crippen MR) is 80.4 cm³/mol. The van der Waals surface area contributed by atoms with Crippen molar-refractivity contribution in [1.29, 1.82) is 0 Å². The zero-order chi connectivity index (χ0) is 15.1. The van der Waals surface area contributed by atoms with E-state index in [9.17, 15) is 4.79 Å². The van der Waals surface area contributed by atoms with E-state index >= 15 is 0 Å². The third-order valence-electron chi connectivity index (χ3n) is 3.18. The molecule has 0 bridgehead atoms. The average Bonchev–Trinajstić information content (AvgIpc) is 3.02. The lowest BCUT2D eigenvalue weighted by atomic mass is 10.1. The summed E-state index contributed by atoms with van der Waals surface area (Å²) in [7, 11) is 1.66. The van der Waals surface area contributed by atoms with Gasteiger partial charge in [-0.15, -0.1) is 0 Å². The predicted octanol–water partition coefficient (Wildman–Crippen LogP) is 1.05. The van der Waals surface area contributed by atoms with Crippen LogP contribution in [-0.4, -0.2) is 52.6 Å². The van der Waals surface area contributed by atoms with Crippen LogP contribution in [-0.2, 0) is 6.42 Å². The van der Waals surface area contributed by atoms with Crippen LogP contribution in [0, 0.1) is 0 Å². The maximum Gasteiger partial charge on any atom is 0.317 e. The van der Waals surface area contributed by atoms with Crippen molar-refractivity contribution in [2.75, 3.05) is 26.7 Å². The van der Waals surface area contributed by atoms with Crippen LogP contribution in [0.25, 0.3) is 5.69 Å². The number of likely N-dealkylation sites (N-methyl/N-ethyl adjacent to an activating group) is 1. The lowest BCUT2D eigenvalue weighted by Crippen LogP contribution is -2.39. The largest absolute Gasteiger partial charge is 0.395 e. The van der Waals surface area contributed by atoms with Gasteiger partial charge in [0.2, 0.25) is 0 Å². The van der Waals surface area contributed by atoms with Gasteiger partial charge in [-0.1, -0.05) is 12.1 Å². The van der Waals surface area contributed by atoms with E-state index in [1.807, 2.05) is 36.5 Å². The number of nitrogens with one attached hydrogen (secondary N) is 1. The van der Waals surface area contributed by atoms with Gasteiger partial charge in [-0.2, -0.15) is 5.10 Å². The second kappa shape index (κ2) is 7.44. The van der Waals surface area contributed by atoms with Gasteiger partial charge in [0, 0.05) is 32.5 Å². The van der Waals surface area contributed by atoms with Gasteiger partial charge in [0.15, 0.2) is 0 Å². The Bertz CT molecular complexity index is 552. The molecule has 0 aliphatic heterocycles. The number of carbonyl (C=O) groups excluding carboxylic acids is 1. The Balaban J connectivity index is 1.80. The first-order valence-corrected chi connectivity index (χ1v) is 6.89. The molecule has 0 atom stereocenters. The molecule has 2 N–H and O–H groups in total. The zero-order valence-electron chi connectivity index (χ0n) is 12.1. The van der Waals surface area contributed by atoms with Crippen LogP contribution in [0.3, 0.4) is 0 Å². The molecule has 0 saturated carbocycles. The maximum atomic E-state index is 11.6. The van der Waals surface area contributed by atoms with Gasteiger partial charge in [-0.25, -0.2) is 9.48 Å². The molecule has 0 fully saturated rings. The van der Waals surface area contributed by atoms with Gasteiger partial charge in [-0.05, 0) is 30.2 Å². The summed E-state index contributed by atoms with van der Waals surface area (Å²) in [4.78, 5) is 13.1. The van der Waals surface area contributed by atoms with Gasteiger partial charge in [-0.3, -0.25) is 0 Å². The molecular formula is C15H20N4O2. The summed E-state index contributed by atoms with van der Waals surface area (Å²) in [6.45, 7) is 0.874. The highest BCUT2D eigenvalue weighted by atomic mass is 16.3. The number of amides is 2. The summed E-state index contributed by atoms with van der Waals surface area (Å²) in [5.41, 5.74) is 2.16. The summed E-state index contributed by atoms with van der Waals surface area (Å²) >= 11 is 0. The number of urea groups is 1. The number of aromatic nitrogens is 2. The van der Waals surface area contributed by atoms with E-state index in [4.69, 9.17) is 5.11 Å². The summed E-state index contributed by atoms with van der Waals surface area (Å²) in [5.74, 6) is 0. The lowest BCUT2D eigenvalue weighted by Gasteiger charge is -2.16. The molecule has 6 heteroatoms. The first-order valence-electron chi connectivity index (χ1n) is 6.89. The molecule has 6 nitrogen and oxygen atoms in total. The Morgan fingerprint density at radius 1 is 1.38 bits per heavy atom. The first-order chi connectivity index (χ1) is 10.2. The van der Waals surface area contributed by atoms with Crippen LogP contribution < -0.4 is 5.32 Å². The quantitative estimate of drug-likeness (QED) is 0.834. The fraction of sp³-hybridized carbons (Fsp3) is 0.333. The van der Waals surface area contributed by atoms with Crippen LogP contribution in [0.15, 0.2) is 42.7 Å². The summed E-state index contributed by atoms with van der Waals surface area (Å²) in [5, 5.41) is 15.8. The molecule has 0 aliphatic carbocycles. The smallest absolute Gasteiger partial charge is 0.317 e. The minimum absolute atomic E-state index is 0.0290. The molecule has 0 radical (unpaired) electrons. The minimum atomic E-state index is -0.169. The third kappa shape index (κ3) is 4.32. The van der Waals surface area contributed by atoms with Crippen molar-refractivity contribution < 1.29 is 9.90 Å². The monoisotopic (exact) mass is 288 g/mol. The SMILES string of the molecule is CN(CCO)C(=O)NCCc1ccc(-n2cccn2)cc1. The van der Waals surface area contributed by atoms with Crippen LogP contribution in [0.1, 0.15) is 5.56 Å². The van der Waals surface area contributed by atoms with Crippen molar-refractivity contribution in [2.24, 2.45) is 0 Å². The molecule has 1 heterocycles. The molecule has 1 aromatic heterocycles. The Hall–Kier alpha value is -2.34. The Morgan fingerprint density at radius 3 is 2.76 bits per heavy atom. The molecule has 2 amide bonds. The molecular weight excluding hydrogens is 268 g/mol. The molecule has 0 unspecified atom stereocenters. The van der Waals surface area contributed by atoms with Gasteiger partial charge < -0.3 is 15.3 Å². The van der Waals surface area contributed by atoms with E-state index in [0.717, 1.165) is 17.7 Å². The first kappa shape index (κ1) is 15.1. The van der Waals surface area contributed by atoms with Gasteiger partial charge in [0.25, 0.3) is 0 Å². The fourth-order valence-corrected chi connectivity index (χ4v) is 1.94. The van der Waals surface area contributed by atoms with E-state index in [0.29, 0.717) is 13.1 Å². The van der Waals surface area contributed by atoms with Crippen molar-refractivity contribution in [3.05, 3.63) is 48.3 Å². The molecule has 0 saturated heterocycles. The second-order valence-corrected chi connectivity index (χ2v) is 4.74. The van der Waals surface area contributed by atoms with Crippen LogP contribution >= 0.6 is 0 Å². The summed E-state index contributed by atoms with van der Waals surface area (Å²) in [6, 6.07) is 9.77. The standard InChI is InChI=1S/C15H20N4O2/c1-18(11-12-20)15(21)16-9-7-13-3-5-14(6-4-13)19-10-2-8-17-19/h2-6,8,10,20H,7,9,11-12H2,1H3,(H,16,21). The van der Waals surface area contributed by atoms with Crippen LogP contribution in [0.2, 0.25) is 0 Å². The Kier molecular flexibility index (Phi) is 5.34. The lowest BCUT2D eigenvalue weighted by molar-refractivity contribution is 0.190. The number of nitrogens with zero attached hydrogens (tertiary/aromatic N) is 3. The van der Waals surface area contributed by atoms with Crippen molar-refractivity contribution in [2.45, 2.75) is 6.42 Å². The van der Waals surface area contributed by atoms with Crippen molar-refractivity contribution in [3.8, 4) is 5.69 Å². The van der Waals surface area contributed by atoms with E-state index in [2.05, 4.69) is 10.4 Å². The van der Waals surface area contributed by atoms with Gasteiger partial charge in [0.05, 0.1) is 12.3 Å². The molecule has 0 spiro atoms. The van der Waals surface area contributed by atoms with E-state index in [-0.39, 0.29) is 12.6 Å².